The summed E-state index contributed by atoms with van der Waals surface area (Å²) in [5, 5.41) is 0.969. The zero-order valence-corrected chi connectivity index (χ0v) is 13.3. The van der Waals surface area contributed by atoms with Gasteiger partial charge in [-0.1, -0.05) is 43.1 Å². The molecule has 0 saturated heterocycles. The first-order valence-electron chi connectivity index (χ1n) is 6.90. The van der Waals surface area contributed by atoms with Gasteiger partial charge in [0.15, 0.2) is 0 Å². The summed E-state index contributed by atoms with van der Waals surface area (Å²) in [5.74, 6) is 1.07. The van der Waals surface area contributed by atoms with Crippen LogP contribution in [0, 0.1) is 0 Å². The van der Waals surface area contributed by atoms with E-state index in [-0.39, 0.29) is 0 Å². The Morgan fingerprint density at radius 1 is 1.22 bits per heavy atom. The molecule has 0 aromatic carbocycles. The lowest BCUT2D eigenvalue weighted by Gasteiger charge is -2.31. The molecule has 1 rings (SSSR count). The van der Waals surface area contributed by atoms with Crippen LogP contribution in [0.5, 0.6) is 0 Å². The molecule has 102 valence electrons. The number of alkyl halides is 1. The summed E-state index contributed by atoms with van der Waals surface area (Å²) < 4.78 is 0. The Labute approximate surface area is 119 Å². The Bertz CT molecular complexity index is 340. The molecule has 18 heavy (non-hydrogen) atoms. The van der Waals surface area contributed by atoms with Gasteiger partial charge in [0, 0.05) is 29.7 Å². The van der Waals surface area contributed by atoms with Gasteiger partial charge in [0.05, 0.1) is 0 Å². The Morgan fingerprint density at radius 2 is 1.94 bits per heavy atom. The summed E-state index contributed by atoms with van der Waals surface area (Å²) in [7, 11) is 0. The molecular weight excluding hydrogens is 290 g/mol. The fraction of sp³-hybridized carbons (Fsp3) is 0.714. The van der Waals surface area contributed by atoms with Crippen LogP contribution in [0.3, 0.4) is 0 Å². The molecule has 0 bridgehead atoms. The summed E-state index contributed by atoms with van der Waals surface area (Å²) in [6, 6.07) is 2.71. The first kappa shape index (κ1) is 15.4. The predicted octanol–water partition coefficient (Wildman–Crippen LogP) is 3.82. The summed E-state index contributed by atoms with van der Waals surface area (Å²) in [4.78, 5) is 11.2. The third-order valence-corrected chi connectivity index (χ3v) is 3.57. The van der Waals surface area contributed by atoms with E-state index in [4.69, 9.17) is 0 Å². The molecule has 1 heterocycles. The molecule has 0 fully saturated rings. The van der Waals surface area contributed by atoms with Crippen LogP contribution in [-0.2, 0) is 6.42 Å². The van der Waals surface area contributed by atoms with E-state index in [1.807, 2.05) is 0 Å². The molecule has 4 heteroatoms. The molecule has 0 unspecified atom stereocenters. The molecule has 0 aliphatic heterocycles. The van der Waals surface area contributed by atoms with E-state index in [9.17, 15) is 0 Å². The van der Waals surface area contributed by atoms with E-state index >= 15 is 0 Å². The van der Waals surface area contributed by atoms with Crippen molar-refractivity contribution in [3.63, 3.8) is 0 Å². The summed E-state index contributed by atoms with van der Waals surface area (Å²) in [6.07, 6.45) is 6.15. The summed E-state index contributed by atoms with van der Waals surface area (Å²) in [5.41, 5.74) is 1.15. The lowest BCUT2D eigenvalue weighted by atomic mass is 10.1. The summed E-state index contributed by atoms with van der Waals surface area (Å²) in [6.45, 7) is 7.65. The maximum atomic E-state index is 4.45. The maximum Gasteiger partial charge on any atom is 0.132 e. The van der Waals surface area contributed by atoms with Gasteiger partial charge in [0.1, 0.15) is 12.1 Å². The molecule has 0 atom stereocenters. The number of halogens is 1. The molecule has 1 aromatic rings. The Morgan fingerprint density at radius 3 is 2.50 bits per heavy atom. The number of hydrogen-bond donors (Lipinski definition) is 0. The lowest BCUT2D eigenvalue weighted by molar-refractivity contribution is 0.562. The van der Waals surface area contributed by atoms with Crippen LogP contribution < -0.4 is 4.90 Å². The minimum Gasteiger partial charge on any atom is -0.353 e. The minimum atomic E-state index is 0.562. The van der Waals surface area contributed by atoms with Crippen LogP contribution in [0.4, 0.5) is 5.82 Å². The van der Waals surface area contributed by atoms with E-state index < -0.39 is 0 Å². The van der Waals surface area contributed by atoms with Crippen molar-refractivity contribution in [3.05, 3.63) is 18.1 Å². The second-order valence-electron chi connectivity index (χ2n) is 4.47. The average Bonchev–Trinajstić information content (AvgIpc) is 2.40. The van der Waals surface area contributed by atoms with E-state index in [0.717, 1.165) is 49.1 Å². The smallest absolute Gasteiger partial charge is 0.132 e. The average molecular weight is 314 g/mol. The zero-order valence-electron chi connectivity index (χ0n) is 11.7. The number of nitrogens with zero attached hydrogens (tertiary/aromatic N) is 3. The van der Waals surface area contributed by atoms with Crippen LogP contribution in [-0.4, -0.2) is 27.9 Å². The second-order valence-corrected chi connectivity index (χ2v) is 5.26. The van der Waals surface area contributed by atoms with E-state index in [0.29, 0.717) is 6.04 Å². The van der Waals surface area contributed by atoms with Crippen LogP contribution in [0.1, 0.15) is 45.7 Å². The highest BCUT2D eigenvalue weighted by Gasteiger charge is 2.16. The molecule has 0 aliphatic carbocycles. The molecule has 0 amide bonds. The van der Waals surface area contributed by atoms with Crippen LogP contribution in [0.15, 0.2) is 12.4 Å². The molecule has 0 spiro atoms. The monoisotopic (exact) mass is 313 g/mol. The van der Waals surface area contributed by atoms with Crippen molar-refractivity contribution in [1.29, 1.82) is 0 Å². The van der Waals surface area contributed by atoms with Crippen LogP contribution >= 0.6 is 15.9 Å². The van der Waals surface area contributed by atoms with Gasteiger partial charge >= 0.3 is 0 Å². The highest BCUT2D eigenvalue weighted by Crippen LogP contribution is 2.19. The quantitative estimate of drug-likeness (QED) is 0.683. The fourth-order valence-electron chi connectivity index (χ4n) is 2.24. The van der Waals surface area contributed by atoms with Crippen molar-refractivity contribution >= 4 is 21.7 Å². The number of rotatable bonds is 8. The van der Waals surface area contributed by atoms with Crippen LogP contribution in [0.25, 0.3) is 0 Å². The Kier molecular flexibility index (Phi) is 7.25. The lowest BCUT2D eigenvalue weighted by Crippen LogP contribution is -2.36. The van der Waals surface area contributed by atoms with Crippen molar-refractivity contribution in [2.75, 3.05) is 16.8 Å². The number of aromatic nitrogens is 2. The predicted molar refractivity (Wildman–Crippen MR) is 81.5 cm³/mol. The topological polar surface area (TPSA) is 29.0 Å². The van der Waals surface area contributed by atoms with E-state index in [1.54, 1.807) is 6.33 Å². The van der Waals surface area contributed by atoms with Crippen molar-refractivity contribution in [1.82, 2.24) is 9.97 Å². The standard InChI is InChI=1S/C14H24BrN3/c1-4-7-12-10-14(17-11-16-12)18(9-8-15)13(5-2)6-3/h10-11,13H,4-9H2,1-3H3. The Hall–Kier alpha value is -0.640. The van der Waals surface area contributed by atoms with Gasteiger partial charge in [-0.3, -0.25) is 0 Å². The second kappa shape index (κ2) is 8.46. The third-order valence-electron chi connectivity index (χ3n) is 3.22. The van der Waals surface area contributed by atoms with Crippen molar-refractivity contribution in [2.45, 2.75) is 52.5 Å². The highest BCUT2D eigenvalue weighted by atomic mass is 79.9. The van der Waals surface area contributed by atoms with Crippen LogP contribution in [0.2, 0.25) is 0 Å². The molecule has 0 N–H and O–H groups in total. The largest absolute Gasteiger partial charge is 0.353 e. The van der Waals surface area contributed by atoms with Crippen molar-refractivity contribution < 1.29 is 0 Å². The SMILES string of the molecule is CCCc1cc(N(CCBr)C(CC)CC)ncn1. The molecule has 0 radical (unpaired) electrons. The summed E-state index contributed by atoms with van der Waals surface area (Å²) >= 11 is 3.54. The third kappa shape index (κ3) is 4.23. The first-order valence-corrected chi connectivity index (χ1v) is 8.02. The van der Waals surface area contributed by atoms with E-state index in [2.05, 4.69) is 57.6 Å². The fourth-order valence-corrected chi connectivity index (χ4v) is 2.62. The van der Waals surface area contributed by atoms with E-state index in [1.165, 1.54) is 0 Å². The maximum absolute atomic E-state index is 4.45. The molecule has 0 saturated carbocycles. The molecular formula is C14H24BrN3. The van der Waals surface area contributed by atoms with Crippen molar-refractivity contribution in [2.24, 2.45) is 0 Å². The van der Waals surface area contributed by atoms with Gasteiger partial charge in [-0.05, 0) is 19.3 Å². The van der Waals surface area contributed by atoms with Gasteiger partial charge < -0.3 is 4.90 Å². The van der Waals surface area contributed by atoms with Gasteiger partial charge in [0.2, 0.25) is 0 Å². The highest BCUT2D eigenvalue weighted by molar-refractivity contribution is 9.09. The minimum absolute atomic E-state index is 0.562. The number of anilines is 1. The number of aryl methyl sites for hydroxylation is 1. The normalized spacial score (nSPS) is 10.9. The van der Waals surface area contributed by atoms with Gasteiger partial charge in [0.25, 0.3) is 0 Å². The molecule has 3 nitrogen and oxygen atoms in total. The zero-order chi connectivity index (χ0) is 13.4. The first-order chi connectivity index (χ1) is 8.76. The Balaban J connectivity index is 2.93. The van der Waals surface area contributed by atoms with Gasteiger partial charge in [-0.15, -0.1) is 0 Å². The van der Waals surface area contributed by atoms with Crippen molar-refractivity contribution in [3.8, 4) is 0 Å². The van der Waals surface area contributed by atoms with Gasteiger partial charge in [-0.2, -0.15) is 0 Å². The molecule has 0 aliphatic rings. The number of hydrogen-bond acceptors (Lipinski definition) is 3. The molecule has 1 aromatic heterocycles. The van der Waals surface area contributed by atoms with Gasteiger partial charge in [-0.25, -0.2) is 9.97 Å².